The van der Waals surface area contributed by atoms with E-state index >= 15 is 0 Å². The highest BCUT2D eigenvalue weighted by Gasteiger charge is 2.24. The molecule has 1 N–H and O–H groups in total. The lowest BCUT2D eigenvalue weighted by Gasteiger charge is -2.34. The van der Waals surface area contributed by atoms with Crippen LogP contribution in [0.25, 0.3) is 0 Å². The van der Waals surface area contributed by atoms with Gasteiger partial charge in [0.2, 0.25) is 5.91 Å². The fourth-order valence-electron chi connectivity index (χ4n) is 4.53. The third-order valence-corrected chi connectivity index (χ3v) is 6.76. The van der Waals surface area contributed by atoms with Gasteiger partial charge in [0.25, 0.3) is 0 Å². The van der Waals surface area contributed by atoms with Crippen LogP contribution >= 0.6 is 0 Å². The first kappa shape index (κ1) is 21.8. The Kier molecular flexibility index (Phi) is 7.25. The smallest absolute Gasteiger partial charge is 0.223 e. The summed E-state index contributed by atoms with van der Waals surface area (Å²) in [6, 6.07) is 17.5. The number of piperazine rings is 1. The van der Waals surface area contributed by atoms with Gasteiger partial charge in [-0.2, -0.15) is 0 Å². The number of nitrogens with one attached hydrogen (secondary N) is 1. The van der Waals surface area contributed by atoms with Gasteiger partial charge in [-0.1, -0.05) is 42.0 Å². The molecule has 0 saturated carbocycles. The minimum absolute atomic E-state index is 0.138. The molecule has 2 fully saturated rings. The van der Waals surface area contributed by atoms with Crippen molar-refractivity contribution in [3.05, 3.63) is 65.2 Å². The van der Waals surface area contributed by atoms with Gasteiger partial charge in [-0.3, -0.25) is 9.69 Å². The van der Waals surface area contributed by atoms with E-state index in [0.717, 1.165) is 58.7 Å². The SMILES string of the molecule is Cc1ccc(CN2CCC(C(=O)NCc3ccc(N4CCN(C)CC4)cc3)CC2)cc1. The monoisotopic (exact) mass is 420 g/mol. The minimum Gasteiger partial charge on any atom is -0.369 e. The van der Waals surface area contributed by atoms with Crippen molar-refractivity contribution in [1.82, 2.24) is 15.1 Å². The molecule has 2 aliphatic heterocycles. The fraction of sp³-hybridized carbons (Fsp3) is 0.500. The molecule has 2 heterocycles. The van der Waals surface area contributed by atoms with Crippen molar-refractivity contribution in [3.8, 4) is 0 Å². The number of carbonyl (C=O) groups is 1. The lowest BCUT2D eigenvalue weighted by atomic mass is 9.95. The first-order valence-corrected chi connectivity index (χ1v) is 11.6. The average molecular weight is 421 g/mol. The van der Waals surface area contributed by atoms with E-state index in [0.29, 0.717) is 6.54 Å². The zero-order valence-corrected chi connectivity index (χ0v) is 19.0. The molecule has 5 nitrogen and oxygen atoms in total. The third-order valence-electron chi connectivity index (χ3n) is 6.76. The normalized spacial score (nSPS) is 18.8. The molecule has 0 spiro atoms. The van der Waals surface area contributed by atoms with Crippen molar-refractivity contribution in [2.24, 2.45) is 5.92 Å². The van der Waals surface area contributed by atoms with Crippen LogP contribution < -0.4 is 10.2 Å². The number of benzene rings is 2. The second-order valence-electron chi connectivity index (χ2n) is 9.21. The Morgan fingerprint density at radius 3 is 2.13 bits per heavy atom. The van der Waals surface area contributed by atoms with Crippen molar-refractivity contribution < 1.29 is 4.79 Å². The molecular weight excluding hydrogens is 384 g/mol. The maximum Gasteiger partial charge on any atom is 0.223 e. The van der Waals surface area contributed by atoms with Crippen molar-refractivity contribution in [2.45, 2.75) is 32.9 Å². The lowest BCUT2D eigenvalue weighted by Crippen LogP contribution is -2.44. The zero-order chi connectivity index (χ0) is 21.6. The van der Waals surface area contributed by atoms with Crippen LogP contribution in [-0.4, -0.2) is 62.0 Å². The summed E-state index contributed by atoms with van der Waals surface area (Å²) in [5, 5.41) is 3.17. The Labute approximate surface area is 187 Å². The van der Waals surface area contributed by atoms with Gasteiger partial charge in [0.05, 0.1) is 0 Å². The number of aryl methyl sites for hydroxylation is 1. The molecule has 0 unspecified atom stereocenters. The maximum absolute atomic E-state index is 12.7. The summed E-state index contributed by atoms with van der Waals surface area (Å²) in [7, 11) is 2.18. The molecule has 2 saturated heterocycles. The molecule has 0 aromatic heterocycles. The van der Waals surface area contributed by atoms with E-state index in [1.807, 2.05) is 0 Å². The molecule has 31 heavy (non-hydrogen) atoms. The summed E-state index contributed by atoms with van der Waals surface area (Å²) in [5.41, 5.74) is 5.11. The standard InChI is InChI=1S/C26H36N4O/c1-21-3-5-23(6-4-21)20-29-13-11-24(12-14-29)26(31)27-19-22-7-9-25(10-8-22)30-17-15-28(2)16-18-30/h3-10,24H,11-20H2,1-2H3,(H,27,31). The third kappa shape index (κ3) is 6.08. The molecule has 2 aliphatic rings. The Morgan fingerprint density at radius 1 is 0.871 bits per heavy atom. The number of piperidine rings is 1. The predicted molar refractivity (Wildman–Crippen MR) is 127 cm³/mol. The number of likely N-dealkylation sites (N-methyl/N-ethyl adjacent to an activating group) is 1. The quantitative estimate of drug-likeness (QED) is 0.779. The number of hydrogen-bond acceptors (Lipinski definition) is 4. The first-order valence-electron chi connectivity index (χ1n) is 11.6. The number of likely N-dealkylation sites (tertiary alicyclic amines) is 1. The van der Waals surface area contributed by atoms with Crippen molar-refractivity contribution >= 4 is 11.6 Å². The van der Waals surface area contributed by atoms with Gasteiger partial charge in [-0.25, -0.2) is 0 Å². The summed E-state index contributed by atoms with van der Waals surface area (Å²) >= 11 is 0. The Morgan fingerprint density at radius 2 is 1.48 bits per heavy atom. The van der Waals surface area contributed by atoms with Gasteiger partial charge < -0.3 is 15.1 Å². The van der Waals surface area contributed by atoms with Crippen molar-refractivity contribution in [3.63, 3.8) is 0 Å². The summed E-state index contributed by atoms with van der Waals surface area (Å²) in [6.07, 6.45) is 1.89. The van der Waals surface area contributed by atoms with Crippen LogP contribution in [0.2, 0.25) is 0 Å². The molecular formula is C26H36N4O. The molecule has 166 valence electrons. The summed E-state index contributed by atoms with van der Waals surface area (Å²) < 4.78 is 0. The summed E-state index contributed by atoms with van der Waals surface area (Å²) in [6.45, 7) is 10.1. The Hall–Kier alpha value is -2.37. The number of nitrogens with zero attached hydrogens (tertiary/aromatic N) is 3. The first-order chi connectivity index (χ1) is 15.1. The van der Waals surface area contributed by atoms with Gasteiger partial charge in [0, 0.05) is 50.9 Å². The maximum atomic E-state index is 12.7. The number of rotatable bonds is 6. The highest BCUT2D eigenvalue weighted by atomic mass is 16.1. The van der Waals surface area contributed by atoms with Crippen LogP contribution in [0.3, 0.4) is 0 Å². The van der Waals surface area contributed by atoms with E-state index < -0.39 is 0 Å². The van der Waals surface area contributed by atoms with E-state index in [4.69, 9.17) is 0 Å². The minimum atomic E-state index is 0.138. The molecule has 0 aliphatic carbocycles. The van der Waals surface area contributed by atoms with E-state index in [1.165, 1.54) is 22.4 Å². The van der Waals surface area contributed by atoms with Crippen molar-refractivity contribution in [2.75, 3.05) is 51.2 Å². The second kappa shape index (κ2) is 10.3. The van der Waals surface area contributed by atoms with E-state index in [1.54, 1.807) is 0 Å². The molecule has 1 amide bonds. The lowest BCUT2D eigenvalue weighted by molar-refractivity contribution is -0.126. The van der Waals surface area contributed by atoms with Crippen LogP contribution in [0.5, 0.6) is 0 Å². The molecule has 0 atom stereocenters. The molecule has 4 rings (SSSR count). The highest BCUT2D eigenvalue weighted by Crippen LogP contribution is 2.20. The summed E-state index contributed by atoms with van der Waals surface area (Å²) in [5.74, 6) is 0.344. The fourth-order valence-corrected chi connectivity index (χ4v) is 4.53. The van der Waals surface area contributed by atoms with Crippen LogP contribution in [0.15, 0.2) is 48.5 Å². The van der Waals surface area contributed by atoms with E-state index in [9.17, 15) is 4.79 Å². The van der Waals surface area contributed by atoms with Gasteiger partial charge in [-0.15, -0.1) is 0 Å². The number of amides is 1. The van der Waals surface area contributed by atoms with Gasteiger partial charge >= 0.3 is 0 Å². The predicted octanol–water partition coefficient (Wildman–Crippen LogP) is 3.28. The van der Waals surface area contributed by atoms with E-state index in [2.05, 4.69) is 82.5 Å². The second-order valence-corrected chi connectivity index (χ2v) is 9.21. The number of hydrogen-bond donors (Lipinski definition) is 1. The molecule has 2 aromatic carbocycles. The molecule has 5 heteroatoms. The number of anilines is 1. The van der Waals surface area contributed by atoms with Gasteiger partial charge in [0.15, 0.2) is 0 Å². The molecule has 0 radical (unpaired) electrons. The van der Waals surface area contributed by atoms with Gasteiger partial charge in [-0.05, 0) is 63.2 Å². The largest absolute Gasteiger partial charge is 0.369 e. The van der Waals surface area contributed by atoms with Crippen molar-refractivity contribution in [1.29, 1.82) is 0 Å². The number of carbonyl (C=O) groups excluding carboxylic acids is 1. The van der Waals surface area contributed by atoms with Gasteiger partial charge in [0.1, 0.15) is 0 Å². The van der Waals surface area contributed by atoms with Crippen LogP contribution in [0.4, 0.5) is 5.69 Å². The summed E-state index contributed by atoms with van der Waals surface area (Å²) in [4.78, 5) is 19.9. The zero-order valence-electron chi connectivity index (χ0n) is 19.0. The van der Waals surface area contributed by atoms with E-state index in [-0.39, 0.29) is 11.8 Å². The molecule has 0 bridgehead atoms. The van der Waals surface area contributed by atoms with Crippen LogP contribution in [0, 0.1) is 12.8 Å². The van der Waals surface area contributed by atoms with Crippen LogP contribution in [0.1, 0.15) is 29.5 Å². The average Bonchev–Trinajstić information content (AvgIpc) is 2.80. The Balaban J connectivity index is 1.19. The van der Waals surface area contributed by atoms with Crippen LogP contribution in [-0.2, 0) is 17.9 Å². The Bertz CT molecular complexity index is 833. The highest BCUT2D eigenvalue weighted by molar-refractivity contribution is 5.78. The molecule has 2 aromatic rings. The topological polar surface area (TPSA) is 38.8 Å².